The van der Waals surface area contributed by atoms with Crippen LogP contribution in [0.1, 0.15) is 31.7 Å². The Bertz CT molecular complexity index is 803. The Balaban J connectivity index is 1.25. The Morgan fingerprint density at radius 2 is 1.73 bits per heavy atom. The van der Waals surface area contributed by atoms with Gasteiger partial charge < -0.3 is 14.5 Å². The van der Waals surface area contributed by atoms with Gasteiger partial charge in [-0.05, 0) is 50.8 Å². The van der Waals surface area contributed by atoms with Crippen LogP contribution in [0, 0.1) is 23.0 Å². The second kappa shape index (κ2) is 8.49. The summed E-state index contributed by atoms with van der Waals surface area (Å²) in [7, 11) is 0. The average molecular weight is 421 g/mol. The number of carbonyl (C=O) groups is 2. The zero-order valence-corrected chi connectivity index (χ0v) is 17.4. The monoisotopic (exact) mass is 421 g/mol. The van der Waals surface area contributed by atoms with Crippen molar-refractivity contribution >= 4 is 12.0 Å². The topological polar surface area (TPSA) is 53.1 Å². The normalized spacial score (nSPS) is 23.5. The zero-order valence-electron chi connectivity index (χ0n) is 17.4. The highest BCUT2D eigenvalue weighted by atomic mass is 19.2. The molecule has 3 fully saturated rings. The molecule has 164 valence electrons. The number of benzene rings is 1. The molecule has 0 radical (unpaired) electrons. The Hall–Kier alpha value is -2.22. The van der Waals surface area contributed by atoms with Crippen LogP contribution in [0.5, 0.6) is 0 Å². The van der Waals surface area contributed by atoms with E-state index in [1.807, 2.05) is 4.90 Å². The summed E-state index contributed by atoms with van der Waals surface area (Å²) >= 11 is 0. The molecule has 3 aliphatic rings. The minimum atomic E-state index is -0.808. The van der Waals surface area contributed by atoms with Gasteiger partial charge in [0.2, 0.25) is 5.91 Å². The smallest absolute Gasteiger partial charge is 0.409 e. The van der Waals surface area contributed by atoms with E-state index in [1.165, 1.54) is 6.07 Å². The fraction of sp³-hybridized carbons (Fsp3) is 0.636. The number of likely N-dealkylation sites (tertiary alicyclic amines) is 1. The van der Waals surface area contributed by atoms with Gasteiger partial charge in [0.1, 0.15) is 0 Å². The fourth-order valence-corrected chi connectivity index (χ4v) is 4.86. The van der Waals surface area contributed by atoms with E-state index < -0.39 is 11.6 Å². The third-order valence-electron chi connectivity index (χ3n) is 6.88. The highest BCUT2D eigenvalue weighted by Crippen LogP contribution is 2.60. The molecule has 1 unspecified atom stereocenters. The number of halogens is 2. The molecule has 30 heavy (non-hydrogen) atoms. The molecule has 8 heteroatoms. The van der Waals surface area contributed by atoms with Crippen LogP contribution in [-0.4, -0.2) is 72.6 Å². The maximum absolute atomic E-state index is 13.9. The quantitative estimate of drug-likeness (QED) is 0.750. The lowest BCUT2D eigenvalue weighted by Gasteiger charge is -2.36. The van der Waals surface area contributed by atoms with Crippen LogP contribution in [0.3, 0.4) is 0 Å². The Morgan fingerprint density at radius 3 is 2.40 bits per heavy atom. The summed E-state index contributed by atoms with van der Waals surface area (Å²) in [5.74, 6) is -1.32. The molecule has 2 amide bonds. The van der Waals surface area contributed by atoms with Gasteiger partial charge in [0.25, 0.3) is 0 Å². The van der Waals surface area contributed by atoms with Gasteiger partial charge in [0.15, 0.2) is 11.6 Å². The molecule has 2 saturated heterocycles. The maximum atomic E-state index is 13.9. The fourth-order valence-electron chi connectivity index (χ4n) is 4.86. The summed E-state index contributed by atoms with van der Waals surface area (Å²) in [6.45, 7) is 6.23. The van der Waals surface area contributed by atoms with Crippen molar-refractivity contribution in [1.29, 1.82) is 0 Å². The highest BCUT2D eigenvalue weighted by Gasteiger charge is 2.59. The largest absolute Gasteiger partial charge is 0.450 e. The predicted octanol–water partition coefficient (Wildman–Crippen LogP) is 2.87. The SMILES string of the molecule is CCOC(=O)N1CCN(C(=O)C2CC23CCN(Cc2cccc(F)c2F)CC3)CC1. The van der Waals surface area contributed by atoms with E-state index in [9.17, 15) is 18.4 Å². The second-order valence-electron chi connectivity index (χ2n) is 8.62. The first-order valence-electron chi connectivity index (χ1n) is 10.8. The molecule has 6 nitrogen and oxygen atoms in total. The third-order valence-corrected chi connectivity index (χ3v) is 6.88. The van der Waals surface area contributed by atoms with E-state index in [4.69, 9.17) is 4.74 Å². The number of piperazine rings is 1. The molecule has 2 heterocycles. The van der Waals surface area contributed by atoms with E-state index in [0.717, 1.165) is 38.4 Å². The zero-order chi connectivity index (χ0) is 21.3. The van der Waals surface area contributed by atoms with Crippen molar-refractivity contribution in [2.24, 2.45) is 11.3 Å². The molecular weight excluding hydrogens is 392 g/mol. The second-order valence-corrected chi connectivity index (χ2v) is 8.62. The lowest BCUT2D eigenvalue weighted by atomic mass is 9.90. The number of rotatable bonds is 4. The number of nitrogens with zero attached hydrogens (tertiary/aromatic N) is 3. The van der Waals surface area contributed by atoms with Gasteiger partial charge in [-0.2, -0.15) is 0 Å². The molecular formula is C22H29F2N3O3. The first kappa shape index (κ1) is 21.0. The Labute approximate surface area is 175 Å². The summed E-state index contributed by atoms with van der Waals surface area (Å²) in [6, 6.07) is 4.30. The molecule has 1 aromatic carbocycles. The molecule has 1 saturated carbocycles. The molecule has 0 aromatic heterocycles. The first-order valence-corrected chi connectivity index (χ1v) is 10.8. The number of carbonyl (C=O) groups excluding carboxylic acids is 2. The van der Waals surface area contributed by atoms with Crippen LogP contribution < -0.4 is 0 Å². The first-order chi connectivity index (χ1) is 14.4. The van der Waals surface area contributed by atoms with Crippen molar-refractivity contribution in [3.8, 4) is 0 Å². The molecule has 1 aromatic rings. The summed E-state index contributed by atoms with van der Waals surface area (Å²) in [4.78, 5) is 30.5. The lowest BCUT2D eigenvalue weighted by molar-refractivity contribution is -0.135. The van der Waals surface area contributed by atoms with Gasteiger partial charge in [-0.3, -0.25) is 9.69 Å². The van der Waals surface area contributed by atoms with Crippen molar-refractivity contribution < 1.29 is 23.1 Å². The lowest BCUT2D eigenvalue weighted by Crippen LogP contribution is -2.51. The molecule has 1 aliphatic carbocycles. The third kappa shape index (κ3) is 4.15. The van der Waals surface area contributed by atoms with E-state index >= 15 is 0 Å². The van der Waals surface area contributed by atoms with Crippen molar-refractivity contribution in [3.63, 3.8) is 0 Å². The van der Waals surface area contributed by atoms with E-state index in [1.54, 1.807) is 17.9 Å². The minimum absolute atomic E-state index is 0.0553. The summed E-state index contributed by atoms with van der Waals surface area (Å²) in [5, 5.41) is 0. The molecule has 1 atom stereocenters. The standard InChI is InChI=1S/C22H29F2N3O3/c1-2-30-21(29)27-12-10-26(11-13-27)20(28)17-14-22(17)6-8-25(9-7-22)15-16-4-3-5-18(23)19(16)24/h3-5,17H,2,6-15H2,1H3. The molecule has 4 rings (SSSR count). The highest BCUT2D eigenvalue weighted by molar-refractivity contribution is 5.83. The van der Waals surface area contributed by atoms with E-state index in [-0.39, 0.29) is 23.3 Å². The van der Waals surface area contributed by atoms with E-state index in [2.05, 4.69) is 4.90 Å². The van der Waals surface area contributed by atoms with Crippen LogP contribution in [0.2, 0.25) is 0 Å². The van der Waals surface area contributed by atoms with Gasteiger partial charge in [-0.15, -0.1) is 0 Å². The van der Waals surface area contributed by atoms with E-state index in [0.29, 0.717) is 44.9 Å². The molecule has 0 N–H and O–H groups in total. The van der Waals surface area contributed by atoms with Gasteiger partial charge in [0.05, 0.1) is 6.61 Å². The summed E-state index contributed by atoms with van der Waals surface area (Å²) in [6.07, 6.45) is 2.41. The van der Waals surface area contributed by atoms with Gasteiger partial charge in [0, 0.05) is 44.2 Å². The van der Waals surface area contributed by atoms with Gasteiger partial charge in [-0.1, -0.05) is 12.1 Å². The van der Waals surface area contributed by atoms with Crippen molar-refractivity contribution in [3.05, 3.63) is 35.4 Å². The molecule has 1 spiro atoms. The average Bonchev–Trinajstić information content (AvgIpc) is 3.46. The molecule has 2 aliphatic heterocycles. The number of hydrogen-bond acceptors (Lipinski definition) is 4. The van der Waals surface area contributed by atoms with Crippen LogP contribution in [0.4, 0.5) is 13.6 Å². The minimum Gasteiger partial charge on any atom is -0.450 e. The number of piperidine rings is 1. The van der Waals surface area contributed by atoms with Crippen LogP contribution in [0.25, 0.3) is 0 Å². The number of ether oxygens (including phenoxy) is 1. The summed E-state index contributed by atoms with van der Waals surface area (Å²) in [5.41, 5.74) is 0.445. The van der Waals surface area contributed by atoms with Crippen molar-refractivity contribution in [1.82, 2.24) is 14.7 Å². The van der Waals surface area contributed by atoms with Crippen LogP contribution in [-0.2, 0) is 16.1 Å². The predicted molar refractivity (Wildman–Crippen MR) is 107 cm³/mol. The Morgan fingerprint density at radius 1 is 1.07 bits per heavy atom. The van der Waals surface area contributed by atoms with Crippen LogP contribution >= 0.6 is 0 Å². The molecule has 0 bridgehead atoms. The van der Waals surface area contributed by atoms with Crippen molar-refractivity contribution in [2.75, 3.05) is 45.9 Å². The number of amides is 2. The Kier molecular flexibility index (Phi) is 5.95. The van der Waals surface area contributed by atoms with Gasteiger partial charge >= 0.3 is 6.09 Å². The number of hydrogen-bond donors (Lipinski definition) is 0. The summed E-state index contributed by atoms with van der Waals surface area (Å²) < 4.78 is 32.4. The van der Waals surface area contributed by atoms with Crippen LogP contribution in [0.15, 0.2) is 18.2 Å². The van der Waals surface area contributed by atoms with Gasteiger partial charge in [-0.25, -0.2) is 13.6 Å². The van der Waals surface area contributed by atoms with Crippen molar-refractivity contribution in [2.45, 2.75) is 32.7 Å². The maximum Gasteiger partial charge on any atom is 0.409 e.